The van der Waals surface area contributed by atoms with Gasteiger partial charge in [-0.25, -0.2) is 15.0 Å². The topological polar surface area (TPSA) is 102 Å². The molecule has 1 aliphatic heterocycles. The minimum atomic E-state index is -0.227. The fraction of sp³-hybridized carbons (Fsp3) is 0.435. The van der Waals surface area contributed by atoms with E-state index < -0.39 is 0 Å². The number of hydrogen-bond donors (Lipinski definition) is 1. The van der Waals surface area contributed by atoms with Gasteiger partial charge in [-0.05, 0) is 37.8 Å². The Morgan fingerprint density at radius 1 is 0.969 bits per heavy atom. The van der Waals surface area contributed by atoms with Crippen molar-refractivity contribution in [3.05, 3.63) is 48.8 Å². The van der Waals surface area contributed by atoms with Gasteiger partial charge < -0.3 is 19.7 Å². The van der Waals surface area contributed by atoms with Gasteiger partial charge in [-0.3, -0.25) is 9.78 Å². The Morgan fingerprint density at radius 3 is 2.50 bits per heavy atom. The average Bonchev–Trinajstić information content (AvgIpc) is 2.86. The largest absolute Gasteiger partial charge is 0.488 e. The number of fused-ring (bicyclic) bond motifs is 1. The Kier molecular flexibility index (Phi) is 6.06. The molecule has 1 saturated carbocycles. The highest BCUT2D eigenvalue weighted by Gasteiger charge is 2.26. The Bertz CT molecular complexity index is 1070. The summed E-state index contributed by atoms with van der Waals surface area (Å²) in [7, 11) is 0. The zero-order valence-corrected chi connectivity index (χ0v) is 17.8. The maximum Gasteiger partial charge on any atom is 0.289 e. The molecule has 32 heavy (non-hydrogen) atoms. The highest BCUT2D eigenvalue weighted by molar-refractivity contribution is 5.90. The van der Waals surface area contributed by atoms with E-state index in [4.69, 9.17) is 9.47 Å². The molecule has 9 heteroatoms. The van der Waals surface area contributed by atoms with Gasteiger partial charge in [-0.2, -0.15) is 0 Å². The van der Waals surface area contributed by atoms with Crippen LogP contribution in [-0.2, 0) is 4.74 Å². The van der Waals surface area contributed by atoms with Crippen LogP contribution in [0, 0.1) is 0 Å². The summed E-state index contributed by atoms with van der Waals surface area (Å²) in [6.07, 6.45) is 10.0. The first-order valence-electron chi connectivity index (χ1n) is 11.1. The van der Waals surface area contributed by atoms with Crippen molar-refractivity contribution in [2.45, 2.75) is 37.8 Å². The number of nitrogens with one attached hydrogen (secondary N) is 1. The summed E-state index contributed by atoms with van der Waals surface area (Å²) >= 11 is 0. The van der Waals surface area contributed by atoms with Crippen molar-refractivity contribution in [1.29, 1.82) is 0 Å². The Morgan fingerprint density at radius 2 is 1.72 bits per heavy atom. The third kappa shape index (κ3) is 4.62. The molecule has 166 valence electrons. The molecule has 0 unspecified atom stereocenters. The van der Waals surface area contributed by atoms with E-state index >= 15 is 0 Å². The number of anilines is 1. The molecule has 2 fully saturated rings. The van der Waals surface area contributed by atoms with Crippen LogP contribution in [0.15, 0.2) is 43.0 Å². The monoisotopic (exact) mass is 434 g/mol. The van der Waals surface area contributed by atoms with Crippen LogP contribution in [0.5, 0.6) is 5.75 Å². The molecule has 1 N–H and O–H groups in total. The number of carbonyl (C=O) groups excluding carboxylic acids is 1. The highest BCUT2D eigenvalue weighted by atomic mass is 16.5. The van der Waals surface area contributed by atoms with Crippen molar-refractivity contribution >= 4 is 22.6 Å². The molecule has 2 aromatic heterocycles. The van der Waals surface area contributed by atoms with Crippen LogP contribution in [-0.4, -0.2) is 64.3 Å². The van der Waals surface area contributed by atoms with Gasteiger partial charge in [0.1, 0.15) is 11.3 Å². The van der Waals surface area contributed by atoms with Gasteiger partial charge >= 0.3 is 0 Å². The van der Waals surface area contributed by atoms with E-state index in [0.29, 0.717) is 0 Å². The van der Waals surface area contributed by atoms with Crippen molar-refractivity contribution in [3.8, 4) is 5.75 Å². The van der Waals surface area contributed by atoms with Gasteiger partial charge in [0.25, 0.3) is 5.91 Å². The summed E-state index contributed by atoms with van der Waals surface area (Å²) in [6.45, 7) is 3.14. The molecule has 0 radical (unpaired) electrons. The van der Waals surface area contributed by atoms with E-state index in [-0.39, 0.29) is 23.9 Å². The molecule has 1 aromatic carbocycles. The lowest BCUT2D eigenvalue weighted by Gasteiger charge is -2.31. The van der Waals surface area contributed by atoms with Gasteiger partial charge in [-0.1, -0.05) is 0 Å². The van der Waals surface area contributed by atoms with Crippen molar-refractivity contribution in [1.82, 2.24) is 25.3 Å². The van der Waals surface area contributed by atoms with Crippen LogP contribution in [0.4, 0.5) is 5.69 Å². The predicted octanol–water partition coefficient (Wildman–Crippen LogP) is 2.38. The standard InChI is InChI=1S/C23H26N6O3/c30-23(22-26-6-1-7-27-22)28-16-2-4-18(5-3-16)32-20-15-17(29-10-12-31-13-11-29)14-19-21(20)25-9-8-24-19/h1,6-9,14-16,18H,2-5,10-13H2,(H,28,30)/t16-,18+. The fourth-order valence-corrected chi connectivity index (χ4v) is 4.29. The molecule has 5 rings (SSSR count). The second-order valence-corrected chi connectivity index (χ2v) is 8.10. The number of ether oxygens (including phenoxy) is 2. The SMILES string of the molecule is O=C(N[C@H]1CC[C@@H](Oc2cc(N3CCOCC3)cc3nccnc23)CC1)c1ncccn1. The van der Waals surface area contributed by atoms with E-state index in [1.165, 1.54) is 0 Å². The second kappa shape index (κ2) is 9.44. The summed E-state index contributed by atoms with van der Waals surface area (Å²) in [6, 6.07) is 5.94. The van der Waals surface area contributed by atoms with E-state index in [1.54, 1.807) is 30.9 Å². The summed E-state index contributed by atoms with van der Waals surface area (Å²) < 4.78 is 11.9. The molecular weight excluding hydrogens is 408 g/mol. The minimum absolute atomic E-state index is 0.0706. The van der Waals surface area contributed by atoms with Crippen LogP contribution in [0.3, 0.4) is 0 Å². The minimum Gasteiger partial charge on any atom is -0.488 e. The molecule has 2 aliphatic rings. The summed E-state index contributed by atoms with van der Waals surface area (Å²) in [5, 5.41) is 3.04. The summed E-state index contributed by atoms with van der Waals surface area (Å²) in [5.74, 6) is 0.743. The van der Waals surface area contributed by atoms with Gasteiger partial charge in [0.2, 0.25) is 5.82 Å². The zero-order valence-electron chi connectivity index (χ0n) is 17.8. The number of hydrogen-bond acceptors (Lipinski definition) is 8. The number of rotatable bonds is 5. The molecular formula is C23H26N6O3. The zero-order chi connectivity index (χ0) is 21.8. The Balaban J connectivity index is 1.25. The van der Waals surface area contributed by atoms with E-state index in [2.05, 4.69) is 42.3 Å². The maximum atomic E-state index is 12.3. The normalized spacial score (nSPS) is 21.3. The first kappa shape index (κ1) is 20.6. The quantitative estimate of drug-likeness (QED) is 0.653. The van der Waals surface area contributed by atoms with Crippen molar-refractivity contribution in [2.75, 3.05) is 31.2 Å². The van der Waals surface area contributed by atoms with Crippen LogP contribution < -0.4 is 15.0 Å². The first-order chi connectivity index (χ1) is 15.8. The summed E-state index contributed by atoms with van der Waals surface area (Å²) in [4.78, 5) is 31.7. The molecule has 0 spiro atoms. The molecule has 1 amide bonds. The van der Waals surface area contributed by atoms with E-state index in [9.17, 15) is 4.79 Å². The lowest BCUT2D eigenvalue weighted by atomic mass is 9.93. The van der Waals surface area contributed by atoms with Crippen molar-refractivity contribution in [2.24, 2.45) is 0 Å². The smallest absolute Gasteiger partial charge is 0.289 e. The van der Waals surface area contributed by atoms with Crippen molar-refractivity contribution in [3.63, 3.8) is 0 Å². The lowest BCUT2D eigenvalue weighted by Crippen LogP contribution is -2.40. The Labute approximate surface area is 186 Å². The maximum absolute atomic E-state index is 12.3. The molecule has 0 bridgehead atoms. The third-order valence-corrected chi connectivity index (χ3v) is 5.97. The summed E-state index contributed by atoms with van der Waals surface area (Å²) in [5.41, 5.74) is 2.69. The molecule has 9 nitrogen and oxygen atoms in total. The van der Waals surface area contributed by atoms with E-state index in [1.807, 2.05) is 0 Å². The van der Waals surface area contributed by atoms with E-state index in [0.717, 1.165) is 74.5 Å². The van der Waals surface area contributed by atoms with Crippen LogP contribution in [0.2, 0.25) is 0 Å². The number of morpholine rings is 1. The number of carbonyl (C=O) groups is 1. The molecule has 0 atom stereocenters. The van der Waals surface area contributed by atoms with Crippen LogP contribution >= 0.6 is 0 Å². The van der Waals surface area contributed by atoms with Crippen molar-refractivity contribution < 1.29 is 14.3 Å². The molecule has 1 aliphatic carbocycles. The predicted molar refractivity (Wildman–Crippen MR) is 119 cm³/mol. The second-order valence-electron chi connectivity index (χ2n) is 8.10. The number of aromatic nitrogens is 4. The lowest BCUT2D eigenvalue weighted by molar-refractivity contribution is 0.0884. The van der Waals surface area contributed by atoms with Gasteiger partial charge in [0.05, 0.1) is 24.8 Å². The number of benzene rings is 1. The first-order valence-corrected chi connectivity index (χ1v) is 11.1. The fourth-order valence-electron chi connectivity index (χ4n) is 4.29. The molecule has 1 saturated heterocycles. The number of nitrogens with zero attached hydrogens (tertiary/aromatic N) is 5. The highest BCUT2D eigenvalue weighted by Crippen LogP contribution is 2.33. The molecule has 3 aromatic rings. The van der Waals surface area contributed by atoms with Crippen LogP contribution in [0.1, 0.15) is 36.3 Å². The van der Waals surface area contributed by atoms with Crippen LogP contribution in [0.25, 0.3) is 11.0 Å². The van der Waals surface area contributed by atoms with Gasteiger partial charge in [0, 0.05) is 55.7 Å². The Hall–Kier alpha value is -3.33. The van der Waals surface area contributed by atoms with Gasteiger partial charge in [-0.15, -0.1) is 0 Å². The van der Waals surface area contributed by atoms with Gasteiger partial charge in [0.15, 0.2) is 0 Å². The molecule has 3 heterocycles. The number of amides is 1. The average molecular weight is 435 g/mol. The third-order valence-electron chi connectivity index (χ3n) is 5.97.